The van der Waals surface area contributed by atoms with E-state index in [1.54, 1.807) is 31.3 Å². The molecule has 206 valence electrons. The lowest BCUT2D eigenvalue weighted by molar-refractivity contribution is -0.141. The average Bonchev–Trinajstić information content (AvgIpc) is 2.99. The number of carbonyl (C=O) groups excluding carboxylic acids is 2. The Kier molecular flexibility index (Phi) is 10.2. The van der Waals surface area contributed by atoms with Crippen molar-refractivity contribution >= 4 is 23.4 Å². The minimum Gasteiger partial charge on any atom is -0.497 e. The third-order valence-electron chi connectivity index (χ3n) is 6.65. The van der Waals surface area contributed by atoms with Crippen molar-refractivity contribution in [2.75, 3.05) is 20.8 Å². The summed E-state index contributed by atoms with van der Waals surface area (Å²) in [5.74, 6) is 1.10. The van der Waals surface area contributed by atoms with Crippen molar-refractivity contribution in [1.29, 1.82) is 0 Å². The fourth-order valence-electron chi connectivity index (χ4n) is 4.46. The van der Waals surface area contributed by atoms with Gasteiger partial charge in [0.2, 0.25) is 11.8 Å². The second kappa shape index (κ2) is 14.2. The van der Waals surface area contributed by atoms with E-state index in [0.29, 0.717) is 18.0 Å². The van der Waals surface area contributed by atoms with Gasteiger partial charge in [-0.1, -0.05) is 78.3 Å². The maximum absolute atomic E-state index is 13.9. The van der Waals surface area contributed by atoms with Crippen molar-refractivity contribution < 1.29 is 19.1 Å². The minimum absolute atomic E-state index is 0.135. The molecule has 4 aromatic carbocycles. The highest BCUT2D eigenvalue weighted by atomic mass is 35.5. The fourth-order valence-corrected chi connectivity index (χ4v) is 4.58. The Hall–Kier alpha value is -4.29. The molecule has 0 aromatic heterocycles. The van der Waals surface area contributed by atoms with E-state index < -0.39 is 6.04 Å². The highest BCUT2D eigenvalue weighted by Gasteiger charge is 2.31. The summed E-state index contributed by atoms with van der Waals surface area (Å²) in [6.07, 6.45) is 0.782. The van der Waals surface area contributed by atoms with Crippen molar-refractivity contribution in [1.82, 2.24) is 10.2 Å². The van der Waals surface area contributed by atoms with Gasteiger partial charge in [-0.3, -0.25) is 9.59 Å². The molecule has 0 aliphatic carbocycles. The molecule has 0 saturated carbocycles. The zero-order valence-corrected chi connectivity index (χ0v) is 23.4. The molecule has 0 heterocycles. The van der Waals surface area contributed by atoms with Crippen LogP contribution in [0.5, 0.6) is 11.5 Å². The standard InChI is InChI=1S/C33H33ClN2O4/c1-39-29-16-10-24(11-17-29)20-21-35-33(38)32(27-6-4-3-5-7-27)36(23-26-12-18-30(40-2)19-13-26)31(37)22-25-8-14-28(34)15-9-25/h3-19,32H,20-23H2,1-2H3,(H,35,38)/t32-/m0/s1. The lowest BCUT2D eigenvalue weighted by Crippen LogP contribution is -2.44. The van der Waals surface area contributed by atoms with E-state index in [0.717, 1.165) is 33.8 Å². The highest BCUT2D eigenvalue weighted by molar-refractivity contribution is 6.30. The number of ether oxygens (including phenoxy) is 2. The van der Waals surface area contributed by atoms with E-state index in [1.165, 1.54) is 0 Å². The van der Waals surface area contributed by atoms with Crippen molar-refractivity contribution in [3.05, 3.63) is 130 Å². The van der Waals surface area contributed by atoms with Crippen LogP contribution in [0, 0.1) is 0 Å². The number of nitrogens with one attached hydrogen (secondary N) is 1. The number of amides is 2. The lowest BCUT2D eigenvalue weighted by atomic mass is 10.0. The first-order valence-electron chi connectivity index (χ1n) is 13.1. The predicted molar refractivity (Wildman–Crippen MR) is 158 cm³/mol. The summed E-state index contributed by atoms with van der Waals surface area (Å²) < 4.78 is 10.5. The van der Waals surface area contributed by atoms with Crippen molar-refractivity contribution in [2.45, 2.75) is 25.4 Å². The van der Waals surface area contributed by atoms with Gasteiger partial charge in [0.25, 0.3) is 0 Å². The maximum atomic E-state index is 13.9. The van der Waals surface area contributed by atoms with Gasteiger partial charge in [-0.05, 0) is 65.1 Å². The van der Waals surface area contributed by atoms with Gasteiger partial charge in [0.05, 0.1) is 20.6 Å². The van der Waals surface area contributed by atoms with Gasteiger partial charge in [-0.25, -0.2) is 0 Å². The second-order valence-corrected chi connectivity index (χ2v) is 9.81. The molecule has 0 spiro atoms. The molecule has 1 N–H and O–H groups in total. The monoisotopic (exact) mass is 556 g/mol. The number of carbonyl (C=O) groups is 2. The summed E-state index contributed by atoms with van der Waals surface area (Å²) >= 11 is 6.06. The molecule has 4 aromatic rings. The van der Waals surface area contributed by atoms with Crippen LogP contribution in [0.15, 0.2) is 103 Å². The van der Waals surface area contributed by atoms with Gasteiger partial charge in [-0.2, -0.15) is 0 Å². The third kappa shape index (κ3) is 7.87. The molecule has 7 heteroatoms. The van der Waals surface area contributed by atoms with E-state index in [-0.39, 0.29) is 24.8 Å². The van der Waals surface area contributed by atoms with E-state index in [9.17, 15) is 9.59 Å². The zero-order valence-electron chi connectivity index (χ0n) is 22.7. The number of hydrogen-bond donors (Lipinski definition) is 1. The van der Waals surface area contributed by atoms with Crippen LogP contribution >= 0.6 is 11.6 Å². The first kappa shape index (κ1) is 28.7. The van der Waals surface area contributed by atoms with Crippen LogP contribution < -0.4 is 14.8 Å². The molecule has 0 aliphatic heterocycles. The number of rotatable bonds is 12. The first-order chi connectivity index (χ1) is 19.5. The topological polar surface area (TPSA) is 67.9 Å². The summed E-state index contributed by atoms with van der Waals surface area (Å²) in [6, 6.07) is 31.0. The number of nitrogens with zero attached hydrogens (tertiary/aromatic N) is 1. The average molecular weight is 557 g/mol. The van der Waals surface area contributed by atoms with Crippen LogP contribution in [0.1, 0.15) is 28.3 Å². The van der Waals surface area contributed by atoms with Gasteiger partial charge in [0, 0.05) is 18.1 Å². The molecule has 0 aliphatic rings. The van der Waals surface area contributed by atoms with E-state index in [4.69, 9.17) is 21.1 Å². The van der Waals surface area contributed by atoms with Gasteiger partial charge < -0.3 is 19.7 Å². The van der Waals surface area contributed by atoms with Crippen LogP contribution in [-0.4, -0.2) is 37.5 Å². The Balaban J connectivity index is 1.60. The molecule has 0 bridgehead atoms. The molecule has 0 radical (unpaired) electrons. The molecule has 1 atom stereocenters. The molecular formula is C33H33ClN2O4. The minimum atomic E-state index is -0.820. The molecular weight excluding hydrogens is 524 g/mol. The number of halogens is 1. The molecule has 0 unspecified atom stereocenters. The largest absolute Gasteiger partial charge is 0.497 e. The van der Waals surface area contributed by atoms with Crippen molar-refractivity contribution in [2.24, 2.45) is 0 Å². The lowest BCUT2D eigenvalue weighted by Gasteiger charge is -2.32. The quantitative estimate of drug-likeness (QED) is 0.231. The Morgan fingerprint density at radius 2 is 1.30 bits per heavy atom. The highest BCUT2D eigenvalue weighted by Crippen LogP contribution is 2.26. The SMILES string of the molecule is COc1ccc(CCNC(=O)[C@H](c2ccccc2)N(Cc2ccc(OC)cc2)C(=O)Cc2ccc(Cl)cc2)cc1. The molecule has 6 nitrogen and oxygen atoms in total. The Bertz CT molecular complexity index is 1380. The molecule has 0 saturated heterocycles. The number of benzene rings is 4. The Morgan fingerprint density at radius 3 is 1.88 bits per heavy atom. The Labute approximate surface area is 240 Å². The first-order valence-corrected chi connectivity index (χ1v) is 13.5. The summed E-state index contributed by atoms with van der Waals surface area (Å²) in [5, 5.41) is 3.67. The summed E-state index contributed by atoms with van der Waals surface area (Å²) in [5.41, 5.74) is 3.52. The van der Waals surface area contributed by atoms with Crippen LogP contribution in [-0.2, 0) is 29.0 Å². The smallest absolute Gasteiger partial charge is 0.247 e. The van der Waals surface area contributed by atoms with E-state index >= 15 is 0 Å². The van der Waals surface area contributed by atoms with Crippen LogP contribution in [0.25, 0.3) is 0 Å². The summed E-state index contributed by atoms with van der Waals surface area (Å²) in [6.45, 7) is 0.679. The van der Waals surface area contributed by atoms with Crippen molar-refractivity contribution in [3.63, 3.8) is 0 Å². The molecule has 2 amide bonds. The number of hydrogen-bond acceptors (Lipinski definition) is 4. The predicted octanol–water partition coefficient (Wildman–Crippen LogP) is 6.03. The van der Waals surface area contributed by atoms with Gasteiger partial charge in [0.15, 0.2) is 0 Å². The number of methoxy groups -OCH3 is 2. The summed E-state index contributed by atoms with van der Waals surface area (Å²) in [7, 11) is 3.24. The third-order valence-corrected chi connectivity index (χ3v) is 6.90. The van der Waals surface area contributed by atoms with Crippen LogP contribution in [0.4, 0.5) is 0 Å². The zero-order chi connectivity index (χ0) is 28.3. The van der Waals surface area contributed by atoms with Crippen LogP contribution in [0.2, 0.25) is 5.02 Å². The molecule has 4 rings (SSSR count). The fraction of sp³-hybridized carbons (Fsp3) is 0.212. The van der Waals surface area contributed by atoms with Gasteiger partial charge in [-0.15, -0.1) is 0 Å². The molecule has 40 heavy (non-hydrogen) atoms. The van der Waals surface area contributed by atoms with Crippen molar-refractivity contribution in [3.8, 4) is 11.5 Å². The van der Waals surface area contributed by atoms with E-state index in [2.05, 4.69) is 5.32 Å². The van der Waals surface area contributed by atoms with Crippen LogP contribution in [0.3, 0.4) is 0 Å². The van der Waals surface area contributed by atoms with Gasteiger partial charge >= 0.3 is 0 Å². The van der Waals surface area contributed by atoms with Gasteiger partial charge in [0.1, 0.15) is 17.5 Å². The van der Waals surface area contributed by atoms with E-state index in [1.807, 2.05) is 91.0 Å². The molecule has 0 fully saturated rings. The normalized spacial score (nSPS) is 11.4. The Morgan fingerprint density at radius 1 is 0.750 bits per heavy atom. The summed E-state index contributed by atoms with van der Waals surface area (Å²) in [4.78, 5) is 29.3. The maximum Gasteiger partial charge on any atom is 0.247 e. The second-order valence-electron chi connectivity index (χ2n) is 9.38.